The van der Waals surface area contributed by atoms with E-state index in [1.807, 2.05) is 13.8 Å². The van der Waals surface area contributed by atoms with Crippen molar-refractivity contribution in [2.24, 2.45) is 7.05 Å². The molecular formula is C14H15ClN2O3. The van der Waals surface area contributed by atoms with Crippen LogP contribution >= 0.6 is 11.6 Å². The summed E-state index contributed by atoms with van der Waals surface area (Å²) < 4.78 is 7.15. The van der Waals surface area contributed by atoms with Crippen molar-refractivity contribution in [1.82, 2.24) is 9.78 Å². The highest BCUT2D eigenvalue weighted by Crippen LogP contribution is 2.24. The Balaban J connectivity index is 2.25. The van der Waals surface area contributed by atoms with Gasteiger partial charge in [0, 0.05) is 12.6 Å². The Bertz CT molecular complexity index is 665. The fourth-order valence-corrected chi connectivity index (χ4v) is 2.15. The van der Waals surface area contributed by atoms with Crippen LogP contribution in [0.4, 0.5) is 0 Å². The molecule has 0 saturated heterocycles. The van der Waals surface area contributed by atoms with E-state index in [2.05, 4.69) is 5.10 Å². The number of ether oxygens (including phenoxy) is 1. The molecule has 1 aromatic carbocycles. The van der Waals surface area contributed by atoms with Gasteiger partial charge in [-0.25, -0.2) is 4.79 Å². The molecule has 1 N–H and O–H groups in total. The van der Waals surface area contributed by atoms with Crippen LogP contribution in [0.25, 0.3) is 0 Å². The Labute approximate surface area is 121 Å². The lowest BCUT2D eigenvalue weighted by Crippen LogP contribution is -2.04. The summed E-state index contributed by atoms with van der Waals surface area (Å²) in [4.78, 5) is 11.2. The topological polar surface area (TPSA) is 64.4 Å². The molecule has 1 heterocycles. The minimum Gasteiger partial charge on any atom is -0.488 e. The lowest BCUT2D eigenvalue weighted by atomic mass is 10.1. The standard InChI is InChI=1S/C14H15ClN2O3/c1-8-4-5-12(10(6-8)14(18)19)20-7-11-9(2)16-17(3)13(11)15/h4-6H,7H2,1-3H3,(H,18,19). The van der Waals surface area contributed by atoms with Gasteiger partial charge >= 0.3 is 5.97 Å². The Morgan fingerprint density at radius 1 is 1.45 bits per heavy atom. The second-order valence-corrected chi connectivity index (χ2v) is 4.93. The van der Waals surface area contributed by atoms with Gasteiger partial charge in [-0.3, -0.25) is 4.68 Å². The largest absolute Gasteiger partial charge is 0.488 e. The maximum Gasteiger partial charge on any atom is 0.339 e. The molecule has 0 aliphatic carbocycles. The highest BCUT2D eigenvalue weighted by Gasteiger charge is 2.15. The van der Waals surface area contributed by atoms with Crippen LogP contribution in [0.15, 0.2) is 18.2 Å². The molecule has 2 aromatic rings. The van der Waals surface area contributed by atoms with E-state index in [1.165, 1.54) is 0 Å². The summed E-state index contributed by atoms with van der Waals surface area (Å²) in [6.45, 7) is 3.85. The molecule has 2 rings (SSSR count). The Hall–Kier alpha value is -2.01. The van der Waals surface area contributed by atoms with Crippen LogP contribution < -0.4 is 4.74 Å². The number of aromatic nitrogens is 2. The summed E-state index contributed by atoms with van der Waals surface area (Å²) in [6.07, 6.45) is 0. The summed E-state index contributed by atoms with van der Waals surface area (Å²) in [7, 11) is 1.74. The van der Waals surface area contributed by atoms with Crippen molar-refractivity contribution in [2.75, 3.05) is 0 Å². The molecule has 0 atom stereocenters. The molecule has 0 aliphatic heterocycles. The molecule has 0 radical (unpaired) electrons. The SMILES string of the molecule is Cc1ccc(OCc2c(C)nn(C)c2Cl)c(C(=O)O)c1. The van der Waals surface area contributed by atoms with E-state index in [1.54, 1.807) is 29.9 Å². The summed E-state index contributed by atoms with van der Waals surface area (Å²) in [6, 6.07) is 5.03. The molecule has 0 amide bonds. The van der Waals surface area contributed by atoms with Gasteiger partial charge in [-0.1, -0.05) is 23.2 Å². The van der Waals surface area contributed by atoms with Gasteiger partial charge in [0.1, 0.15) is 23.1 Å². The highest BCUT2D eigenvalue weighted by atomic mass is 35.5. The van der Waals surface area contributed by atoms with Gasteiger partial charge < -0.3 is 9.84 Å². The molecule has 0 spiro atoms. The first kappa shape index (κ1) is 14.4. The molecule has 1 aromatic heterocycles. The van der Waals surface area contributed by atoms with Crippen molar-refractivity contribution < 1.29 is 14.6 Å². The zero-order chi connectivity index (χ0) is 14.9. The summed E-state index contributed by atoms with van der Waals surface area (Å²) in [5.41, 5.74) is 2.53. The number of rotatable bonds is 4. The van der Waals surface area contributed by atoms with Gasteiger partial charge in [-0.2, -0.15) is 5.10 Å². The first-order valence-electron chi connectivity index (χ1n) is 6.05. The van der Waals surface area contributed by atoms with Crippen molar-refractivity contribution in [3.05, 3.63) is 45.7 Å². The van der Waals surface area contributed by atoms with Crippen LogP contribution in [0.3, 0.4) is 0 Å². The molecule has 0 unspecified atom stereocenters. The van der Waals surface area contributed by atoms with E-state index < -0.39 is 5.97 Å². The van der Waals surface area contributed by atoms with Crippen LogP contribution in [0.1, 0.15) is 27.2 Å². The third-order valence-electron chi connectivity index (χ3n) is 3.01. The molecule has 20 heavy (non-hydrogen) atoms. The van der Waals surface area contributed by atoms with Gasteiger partial charge in [0.2, 0.25) is 0 Å². The van der Waals surface area contributed by atoms with Crippen LogP contribution in [0.2, 0.25) is 5.15 Å². The smallest absolute Gasteiger partial charge is 0.339 e. The van der Waals surface area contributed by atoms with E-state index in [4.69, 9.17) is 16.3 Å². The predicted octanol–water partition coefficient (Wildman–Crippen LogP) is 2.97. The number of carboxylic acid groups (broad SMARTS) is 1. The Morgan fingerprint density at radius 2 is 2.15 bits per heavy atom. The number of carbonyl (C=O) groups is 1. The van der Waals surface area contributed by atoms with Gasteiger partial charge in [0.15, 0.2) is 0 Å². The molecule has 5 nitrogen and oxygen atoms in total. The molecule has 6 heteroatoms. The van der Waals surface area contributed by atoms with Crippen LogP contribution in [-0.2, 0) is 13.7 Å². The molecule has 0 aliphatic rings. The van der Waals surface area contributed by atoms with E-state index in [-0.39, 0.29) is 12.2 Å². The first-order valence-corrected chi connectivity index (χ1v) is 6.42. The third-order valence-corrected chi connectivity index (χ3v) is 3.48. The minimum absolute atomic E-state index is 0.141. The van der Waals surface area contributed by atoms with Gasteiger partial charge in [-0.15, -0.1) is 0 Å². The number of halogens is 1. The van der Waals surface area contributed by atoms with Crippen LogP contribution in [0, 0.1) is 13.8 Å². The number of hydrogen-bond donors (Lipinski definition) is 1. The zero-order valence-electron chi connectivity index (χ0n) is 11.5. The molecular weight excluding hydrogens is 280 g/mol. The average Bonchev–Trinajstić information content (AvgIpc) is 2.62. The van der Waals surface area contributed by atoms with E-state index in [0.29, 0.717) is 10.9 Å². The van der Waals surface area contributed by atoms with Crippen LogP contribution in [0.5, 0.6) is 5.75 Å². The summed E-state index contributed by atoms with van der Waals surface area (Å²) >= 11 is 6.11. The zero-order valence-corrected chi connectivity index (χ0v) is 12.2. The van der Waals surface area contributed by atoms with E-state index >= 15 is 0 Å². The van der Waals surface area contributed by atoms with Crippen molar-refractivity contribution in [3.63, 3.8) is 0 Å². The number of aryl methyl sites for hydroxylation is 3. The van der Waals surface area contributed by atoms with Gasteiger partial charge in [0.25, 0.3) is 0 Å². The van der Waals surface area contributed by atoms with E-state index in [0.717, 1.165) is 16.8 Å². The molecule has 0 bridgehead atoms. The van der Waals surface area contributed by atoms with E-state index in [9.17, 15) is 9.90 Å². The Morgan fingerprint density at radius 3 is 2.70 bits per heavy atom. The van der Waals surface area contributed by atoms with Gasteiger partial charge in [-0.05, 0) is 26.0 Å². The predicted molar refractivity (Wildman–Crippen MR) is 75.4 cm³/mol. The monoisotopic (exact) mass is 294 g/mol. The number of aromatic carboxylic acids is 1. The number of hydrogen-bond acceptors (Lipinski definition) is 3. The lowest BCUT2D eigenvalue weighted by Gasteiger charge is -2.09. The number of carboxylic acids is 1. The number of benzene rings is 1. The van der Waals surface area contributed by atoms with Crippen molar-refractivity contribution >= 4 is 17.6 Å². The first-order chi connectivity index (χ1) is 9.40. The second-order valence-electron chi connectivity index (χ2n) is 4.57. The minimum atomic E-state index is -1.02. The van der Waals surface area contributed by atoms with Crippen molar-refractivity contribution in [3.8, 4) is 5.75 Å². The number of nitrogens with zero attached hydrogens (tertiary/aromatic N) is 2. The second kappa shape index (κ2) is 5.54. The summed E-state index contributed by atoms with van der Waals surface area (Å²) in [5, 5.41) is 13.9. The van der Waals surface area contributed by atoms with Crippen LogP contribution in [-0.4, -0.2) is 20.9 Å². The fraction of sp³-hybridized carbons (Fsp3) is 0.286. The Kier molecular flexibility index (Phi) is 3.99. The average molecular weight is 295 g/mol. The molecule has 0 saturated carbocycles. The normalized spacial score (nSPS) is 10.6. The maximum absolute atomic E-state index is 11.2. The van der Waals surface area contributed by atoms with Crippen molar-refractivity contribution in [1.29, 1.82) is 0 Å². The fourth-order valence-electron chi connectivity index (χ4n) is 1.92. The molecule has 106 valence electrons. The lowest BCUT2D eigenvalue weighted by molar-refractivity contribution is 0.0691. The highest BCUT2D eigenvalue weighted by molar-refractivity contribution is 6.30. The third kappa shape index (κ3) is 2.77. The van der Waals surface area contributed by atoms with Gasteiger partial charge in [0.05, 0.1) is 5.69 Å². The quantitative estimate of drug-likeness (QED) is 0.941. The maximum atomic E-state index is 11.2. The molecule has 0 fully saturated rings. The van der Waals surface area contributed by atoms with Crippen molar-refractivity contribution in [2.45, 2.75) is 20.5 Å². The summed E-state index contributed by atoms with van der Waals surface area (Å²) in [5.74, 6) is -0.694.